The minimum absolute atomic E-state index is 0.193. The van der Waals surface area contributed by atoms with E-state index in [1.807, 2.05) is 24.3 Å². The van der Waals surface area contributed by atoms with Crippen molar-refractivity contribution < 1.29 is 9.47 Å². The van der Waals surface area contributed by atoms with Gasteiger partial charge in [0.15, 0.2) is 5.96 Å². The first-order chi connectivity index (χ1) is 14.2. The van der Waals surface area contributed by atoms with Crippen molar-refractivity contribution in [3.8, 4) is 11.8 Å². The molecule has 0 aliphatic carbocycles. The van der Waals surface area contributed by atoms with E-state index in [-0.39, 0.29) is 6.10 Å². The van der Waals surface area contributed by atoms with Crippen molar-refractivity contribution in [2.75, 3.05) is 20.3 Å². The molecule has 6 heteroatoms. The average molecular weight is 393 g/mol. The van der Waals surface area contributed by atoms with Crippen molar-refractivity contribution in [2.45, 2.75) is 39.0 Å². The maximum absolute atomic E-state index is 8.89. The molecule has 29 heavy (non-hydrogen) atoms. The van der Waals surface area contributed by atoms with Crippen LogP contribution in [0.2, 0.25) is 0 Å². The second kappa shape index (κ2) is 10.5. The van der Waals surface area contributed by atoms with Crippen molar-refractivity contribution in [2.24, 2.45) is 4.99 Å². The summed E-state index contributed by atoms with van der Waals surface area (Å²) in [5.74, 6) is 1.59. The van der Waals surface area contributed by atoms with Gasteiger partial charge < -0.3 is 20.1 Å². The molecular weight excluding hydrogens is 364 g/mol. The van der Waals surface area contributed by atoms with Gasteiger partial charge >= 0.3 is 0 Å². The molecule has 152 valence electrons. The largest absolute Gasteiger partial charge is 0.491 e. The van der Waals surface area contributed by atoms with Gasteiger partial charge in [0.2, 0.25) is 0 Å². The van der Waals surface area contributed by atoms with E-state index < -0.39 is 0 Å². The molecule has 6 nitrogen and oxygen atoms in total. The first kappa shape index (κ1) is 20.7. The molecule has 0 radical (unpaired) electrons. The van der Waals surface area contributed by atoms with E-state index in [2.05, 4.69) is 46.8 Å². The lowest BCUT2D eigenvalue weighted by Crippen LogP contribution is -2.36. The Balaban J connectivity index is 1.54. The maximum Gasteiger partial charge on any atom is 0.191 e. The highest BCUT2D eigenvalue weighted by Gasteiger charge is 2.17. The molecule has 1 aliphatic rings. The Labute approximate surface area is 172 Å². The number of nitrogens with one attached hydrogen (secondary N) is 2. The number of benzene rings is 2. The van der Waals surface area contributed by atoms with Crippen LogP contribution in [0, 0.1) is 18.3 Å². The summed E-state index contributed by atoms with van der Waals surface area (Å²) in [5, 5.41) is 15.5. The van der Waals surface area contributed by atoms with E-state index in [1.165, 1.54) is 5.56 Å². The monoisotopic (exact) mass is 392 g/mol. The lowest BCUT2D eigenvalue weighted by Gasteiger charge is -2.17. The van der Waals surface area contributed by atoms with Gasteiger partial charge in [0.25, 0.3) is 0 Å². The fraction of sp³-hybridized carbons (Fsp3) is 0.391. The normalized spacial score (nSPS) is 16.3. The zero-order valence-corrected chi connectivity index (χ0v) is 17.1. The summed E-state index contributed by atoms with van der Waals surface area (Å²) in [7, 11) is 1.75. The Morgan fingerprint density at radius 1 is 1.21 bits per heavy atom. The van der Waals surface area contributed by atoms with Crippen molar-refractivity contribution >= 4 is 5.96 Å². The maximum atomic E-state index is 8.89. The molecule has 1 aliphatic heterocycles. The van der Waals surface area contributed by atoms with Gasteiger partial charge in [0.05, 0.1) is 17.7 Å². The molecule has 1 heterocycles. The van der Waals surface area contributed by atoms with Crippen LogP contribution < -0.4 is 15.4 Å². The summed E-state index contributed by atoms with van der Waals surface area (Å²) in [5.41, 5.74) is 3.99. The Bertz CT molecular complexity index is 865. The molecule has 3 rings (SSSR count). The van der Waals surface area contributed by atoms with Gasteiger partial charge in [-0.05, 0) is 49.1 Å². The zero-order valence-electron chi connectivity index (χ0n) is 17.1. The topological polar surface area (TPSA) is 78.7 Å². The molecule has 1 unspecified atom stereocenters. The van der Waals surface area contributed by atoms with Crippen LogP contribution in [-0.2, 0) is 17.8 Å². The lowest BCUT2D eigenvalue weighted by molar-refractivity contribution is 0.0676. The fourth-order valence-electron chi connectivity index (χ4n) is 3.18. The quantitative estimate of drug-likeness (QED) is 0.558. The van der Waals surface area contributed by atoms with E-state index in [0.717, 1.165) is 36.3 Å². The second-order valence-electron chi connectivity index (χ2n) is 7.15. The van der Waals surface area contributed by atoms with Gasteiger partial charge in [0.1, 0.15) is 12.4 Å². The number of hydrogen-bond donors (Lipinski definition) is 2. The highest BCUT2D eigenvalue weighted by molar-refractivity contribution is 5.79. The summed E-state index contributed by atoms with van der Waals surface area (Å²) >= 11 is 0. The van der Waals surface area contributed by atoms with Gasteiger partial charge in [-0.1, -0.05) is 24.3 Å². The highest BCUT2D eigenvalue weighted by Crippen LogP contribution is 2.22. The number of nitrogens with zero attached hydrogens (tertiary/aromatic N) is 2. The van der Waals surface area contributed by atoms with Crippen LogP contribution in [0.25, 0.3) is 0 Å². The van der Waals surface area contributed by atoms with Crippen molar-refractivity contribution in [3.63, 3.8) is 0 Å². The summed E-state index contributed by atoms with van der Waals surface area (Å²) in [6.07, 6.45) is 2.36. The molecule has 2 N–H and O–H groups in total. The van der Waals surface area contributed by atoms with Gasteiger partial charge in [-0.25, -0.2) is 0 Å². The third kappa shape index (κ3) is 6.23. The van der Waals surface area contributed by atoms with E-state index in [4.69, 9.17) is 14.7 Å². The average Bonchev–Trinajstić information content (AvgIpc) is 3.27. The standard InChI is InChI=1S/C23H28N4O2/c1-17-5-10-20(22(12-17)29-16-21-4-3-11-28-21)15-27-23(25-2)26-14-19-8-6-18(13-24)7-9-19/h5-10,12,21H,3-4,11,14-16H2,1-2H3,(H2,25,26,27). The smallest absolute Gasteiger partial charge is 0.191 e. The number of rotatable bonds is 7. The van der Waals surface area contributed by atoms with Crippen LogP contribution in [0.5, 0.6) is 5.75 Å². The molecule has 2 aromatic carbocycles. The molecule has 1 atom stereocenters. The summed E-state index contributed by atoms with van der Waals surface area (Å²) in [6.45, 7) is 4.71. The molecule has 0 amide bonds. The van der Waals surface area contributed by atoms with Crippen LogP contribution in [0.4, 0.5) is 0 Å². The van der Waals surface area contributed by atoms with E-state index >= 15 is 0 Å². The van der Waals surface area contributed by atoms with Crippen LogP contribution in [0.15, 0.2) is 47.5 Å². The SMILES string of the molecule is CN=C(NCc1ccc(C#N)cc1)NCc1ccc(C)cc1OCC1CCCO1. The highest BCUT2D eigenvalue weighted by atomic mass is 16.5. The van der Waals surface area contributed by atoms with Gasteiger partial charge in [-0.3, -0.25) is 4.99 Å². The molecule has 0 aromatic heterocycles. The zero-order chi connectivity index (χ0) is 20.5. The fourth-order valence-corrected chi connectivity index (χ4v) is 3.18. The predicted octanol–water partition coefficient (Wildman–Crippen LogP) is 3.29. The number of aliphatic imine (C=N–C) groups is 1. The van der Waals surface area contributed by atoms with Crippen LogP contribution in [0.1, 0.15) is 35.1 Å². The molecule has 1 fully saturated rings. The number of nitriles is 1. The Kier molecular flexibility index (Phi) is 7.48. The third-order valence-corrected chi connectivity index (χ3v) is 4.88. The van der Waals surface area contributed by atoms with Gasteiger partial charge in [-0.15, -0.1) is 0 Å². The summed E-state index contributed by atoms with van der Waals surface area (Å²) in [4.78, 5) is 4.29. The minimum atomic E-state index is 0.193. The number of guanidine groups is 1. The van der Waals surface area contributed by atoms with E-state index in [0.29, 0.717) is 31.2 Å². The Hall–Kier alpha value is -3.04. The van der Waals surface area contributed by atoms with Crippen molar-refractivity contribution in [3.05, 3.63) is 64.7 Å². The molecule has 0 saturated carbocycles. The molecule has 1 saturated heterocycles. The van der Waals surface area contributed by atoms with Crippen molar-refractivity contribution in [1.29, 1.82) is 5.26 Å². The van der Waals surface area contributed by atoms with Crippen LogP contribution in [-0.4, -0.2) is 32.3 Å². The summed E-state index contributed by atoms with van der Waals surface area (Å²) in [6, 6.07) is 15.9. The second-order valence-corrected chi connectivity index (χ2v) is 7.15. The van der Waals surface area contributed by atoms with Crippen LogP contribution in [0.3, 0.4) is 0 Å². The molecule has 0 bridgehead atoms. The first-order valence-electron chi connectivity index (χ1n) is 9.95. The third-order valence-electron chi connectivity index (χ3n) is 4.88. The van der Waals surface area contributed by atoms with Gasteiger partial charge in [0, 0.05) is 32.3 Å². The molecule has 0 spiro atoms. The summed E-state index contributed by atoms with van der Waals surface area (Å²) < 4.78 is 11.7. The number of ether oxygens (including phenoxy) is 2. The first-order valence-corrected chi connectivity index (χ1v) is 9.95. The Morgan fingerprint density at radius 2 is 2.00 bits per heavy atom. The Morgan fingerprint density at radius 3 is 2.69 bits per heavy atom. The van der Waals surface area contributed by atoms with Crippen molar-refractivity contribution in [1.82, 2.24) is 10.6 Å². The van der Waals surface area contributed by atoms with E-state index in [9.17, 15) is 0 Å². The van der Waals surface area contributed by atoms with Crippen LogP contribution >= 0.6 is 0 Å². The number of hydrogen-bond acceptors (Lipinski definition) is 4. The van der Waals surface area contributed by atoms with Gasteiger partial charge in [-0.2, -0.15) is 5.26 Å². The lowest BCUT2D eigenvalue weighted by atomic mass is 10.1. The minimum Gasteiger partial charge on any atom is -0.491 e. The molecule has 2 aromatic rings. The molecular formula is C23H28N4O2. The number of aryl methyl sites for hydroxylation is 1. The predicted molar refractivity (Wildman–Crippen MR) is 114 cm³/mol. The van der Waals surface area contributed by atoms with E-state index in [1.54, 1.807) is 7.05 Å².